The van der Waals surface area contributed by atoms with E-state index in [0.717, 1.165) is 50.4 Å². The standard InChI is InChI=1S/C26H34N4O6S/c1-33-23-9-6-20(16-24(23)34-2)22-18-37-26(32)30(28-22)17-19-4-7-21(8-5-19)27-25(31)36-13-3-10-29-11-14-35-15-12-29/h4-9,16,22,28H,3,10-15,17-18H2,1-2H3,(H,27,31). The number of hydrazine groups is 1. The molecular formula is C26H34N4O6S. The van der Waals surface area contributed by atoms with E-state index in [2.05, 4.69) is 15.6 Å². The smallest absolute Gasteiger partial charge is 0.411 e. The summed E-state index contributed by atoms with van der Waals surface area (Å²) in [5.41, 5.74) is 5.89. The number of nitrogens with one attached hydrogen (secondary N) is 2. The fraction of sp³-hybridized carbons (Fsp3) is 0.462. The Bertz CT molecular complexity index is 1050. The first-order valence-electron chi connectivity index (χ1n) is 12.3. The Labute approximate surface area is 221 Å². The monoisotopic (exact) mass is 530 g/mol. The van der Waals surface area contributed by atoms with Crippen LogP contribution in [0.3, 0.4) is 0 Å². The highest BCUT2D eigenvalue weighted by Gasteiger charge is 2.27. The number of methoxy groups -OCH3 is 2. The van der Waals surface area contributed by atoms with E-state index in [0.29, 0.717) is 36.1 Å². The Morgan fingerprint density at radius 1 is 1.11 bits per heavy atom. The summed E-state index contributed by atoms with van der Waals surface area (Å²) < 4.78 is 21.4. The predicted octanol–water partition coefficient (Wildman–Crippen LogP) is 3.89. The molecule has 0 radical (unpaired) electrons. The van der Waals surface area contributed by atoms with Gasteiger partial charge in [0, 0.05) is 31.1 Å². The molecule has 2 saturated heterocycles. The Morgan fingerprint density at radius 2 is 1.86 bits per heavy atom. The van der Waals surface area contributed by atoms with Crippen molar-refractivity contribution in [2.75, 3.05) is 64.7 Å². The van der Waals surface area contributed by atoms with Crippen molar-refractivity contribution in [1.29, 1.82) is 0 Å². The van der Waals surface area contributed by atoms with Crippen LogP contribution in [-0.2, 0) is 16.0 Å². The third-order valence-corrected chi connectivity index (χ3v) is 7.18. The van der Waals surface area contributed by atoms with Gasteiger partial charge in [0.2, 0.25) is 0 Å². The van der Waals surface area contributed by atoms with Crippen LogP contribution in [0.2, 0.25) is 0 Å². The zero-order valence-corrected chi connectivity index (χ0v) is 22.1. The van der Waals surface area contributed by atoms with Crippen LogP contribution in [0.15, 0.2) is 42.5 Å². The van der Waals surface area contributed by atoms with Crippen molar-refractivity contribution in [3.8, 4) is 11.5 Å². The van der Waals surface area contributed by atoms with Gasteiger partial charge in [-0.3, -0.25) is 20.0 Å². The first-order chi connectivity index (χ1) is 18.1. The van der Waals surface area contributed by atoms with Crippen molar-refractivity contribution in [3.05, 3.63) is 53.6 Å². The van der Waals surface area contributed by atoms with Crippen LogP contribution in [-0.4, -0.2) is 80.7 Å². The molecule has 1 atom stereocenters. The molecule has 2 aliphatic heterocycles. The largest absolute Gasteiger partial charge is 0.493 e. The van der Waals surface area contributed by atoms with Crippen LogP contribution in [0, 0.1) is 0 Å². The average molecular weight is 531 g/mol. The summed E-state index contributed by atoms with van der Waals surface area (Å²) in [6, 6.07) is 13.1. The molecule has 0 spiro atoms. The van der Waals surface area contributed by atoms with Crippen LogP contribution in [0.1, 0.15) is 23.6 Å². The fourth-order valence-electron chi connectivity index (χ4n) is 4.17. The molecule has 37 heavy (non-hydrogen) atoms. The molecule has 2 heterocycles. The SMILES string of the molecule is COc1ccc(C2CSC(=O)N(Cc3ccc(NC(=O)OCCCN4CCOCC4)cc3)N2)cc1OC. The zero-order chi connectivity index (χ0) is 26.0. The van der Waals surface area contributed by atoms with Gasteiger partial charge in [-0.1, -0.05) is 30.0 Å². The van der Waals surface area contributed by atoms with Crippen LogP contribution in [0.4, 0.5) is 15.3 Å². The lowest BCUT2D eigenvalue weighted by Gasteiger charge is -2.33. The van der Waals surface area contributed by atoms with Gasteiger partial charge in [0.15, 0.2) is 11.5 Å². The number of nitrogens with zero attached hydrogens (tertiary/aromatic N) is 2. The minimum absolute atomic E-state index is 0.0421. The van der Waals surface area contributed by atoms with E-state index in [1.807, 2.05) is 30.3 Å². The molecule has 2 aromatic carbocycles. The Hall–Kier alpha value is -2.99. The van der Waals surface area contributed by atoms with Gasteiger partial charge in [-0.25, -0.2) is 10.2 Å². The minimum Gasteiger partial charge on any atom is -0.493 e. The molecule has 0 aliphatic carbocycles. The van der Waals surface area contributed by atoms with E-state index in [4.69, 9.17) is 18.9 Å². The van der Waals surface area contributed by atoms with Gasteiger partial charge < -0.3 is 18.9 Å². The van der Waals surface area contributed by atoms with Crippen LogP contribution < -0.4 is 20.2 Å². The Balaban J connectivity index is 1.24. The first-order valence-corrected chi connectivity index (χ1v) is 13.3. The molecule has 2 amide bonds. The molecule has 0 saturated carbocycles. The Morgan fingerprint density at radius 3 is 2.59 bits per heavy atom. The first kappa shape index (κ1) is 27.1. The molecule has 2 aromatic rings. The quantitative estimate of drug-likeness (QED) is 0.443. The molecule has 2 aliphatic rings. The van der Waals surface area contributed by atoms with Gasteiger partial charge in [-0.05, 0) is 41.8 Å². The summed E-state index contributed by atoms with van der Waals surface area (Å²) in [6.45, 7) is 5.01. The molecular weight excluding hydrogens is 496 g/mol. The highest BCUT2D eigenvalue weighted by Crippen LogP contribution is 2.33. The minimum atomic E-state index is -0.475. The third kappa shape index (κ3) is 7.75. The van der Waals surface area contributed by atoms with Gasteiger partial charge in [-0.2, -0.15) is 0 Å². The third-order valence-electron chi connectivity index (χ3n) is 6.21. The number of carbonyl (C=O) groups is 2. The van der Waals surface area contributed by atoms with E-state index in [1.54, 1.807) is 31.4 Å². The average Bonchev–Trinajstić information content (AvgIpc) is 2.93. The molecule has 11 heteroatoms. The van der Waals surface area contributed by atoms with Crippen LogP contribution in [0.5, 0.6) is 11.5 Å². The summed E-state index contributed by atoms with van der Waals surface area (Å²) in [5, 5.41) is 4.32. The van der Waals surface area contributed by atoms with Gasteiger partial charge >= 0.3 is 6.09 Å². The molecule has 4 rings (SSSR count). The highest BCUT2D eigenvalue weighted by molar-refractivity contribution is 8.13. The number of rotatable bonds is 10. The molecule has 1 unspecified atom stereocenters. The summed E-state index contributed by atoms with van der Waals surface area (Å²) in [5.74, 6) is 1.92. The lowest BCUT2D eigenvalue weighted by atomic mass is 10.1. The molecule has 2 fully saturated rings. The number of carbonyl (C=O) groups excluding carboxylic acids is 2. The second-order valence-electron chi connectivity index (χ2n) is 8.72. The van der Waals surface area contributed by atoms with Gasteiger partial charge in [0.1, 0.15) is 0 Å². The molecule has 2 N–H and O–H groups in total. The summed E-state index contributed by atoms with van der Waals surface area (Å²) in [7, 11) is 3.20. The van der Waals surface area contributed by atoms with Crippen molar-refractivity contribution < 1.29 is 28.5 Å². The number of morpholine rings is 1. The fourth-order valence-corrected chi connectivity index (χ4v) is 5.02. The van der Waals surface area contributed by atoms with Crippen molar-refractivity contribution >= 4 is 28.8 Å². The maximum Gasteiger partial charge on any atom is 0.411 e. The van der Waals surface area contributed by atoms with Gasteiger partial charge in [-0.15, -0.1) is 0 Å². The van der Waals surface area contributed by atoms with E-state index in [9.17, 15) is 9.59 Å². The van der Waals surface area contributed by atoms with E-state index in [-0.39, 0.29) is 11.3 Å². The van der Waals surface area contributed by atoms with E-state index >= 15 is 0 Å². The summed E-state index contributed by atoms with van der Waals surface area (Å²) in [4.78, 5) is 27.0. The summed E-state index contributed by atoms with van der Waals surface area (Å²) >= 11 is 1.27. The number of hydrogen-bond acceptors (Lipinski definition) is 9. The number of ether oxygens (including phenoxy) is 4. The van der Waals surface area contributed by atoms with Crippen molar-refractivity contribution in [3.63, 3.8) is 0 Å². The zero-order valence-electron chi connectivity index (χ0n) is 21.2. The topological polar surface area (TPSA) is 102 Å². The van der Waals surface area contributed by atoms with Gasteiger partial charge in [0.05, 0.1) is 46.6 Å². The maximum atomic E-state index is 12.5. The van der Waals surface area contributed by atoms with Crippen molar-refractivity contribution in [2.45, 2.75) is 19.0 Å². The summed E-state index contributed by atoms with van der Waals surface area (Å²) in [6.07, 6.45) is 0.308. The number of amides is 2. The number of hydrogen-bond donors (Lipinski definition) is 2. The van der Waals surface area contributed by atoms with Gasteiger partial charge in [0.25, 0.3) is 5.24 Å². The molecule has 0 aromatic heterocycles. The maximum absolute atomic E-state index is 12.5. The highest BCUT2D eigenvalue weighted by atomic mass is 32.2. The number of anilines is 1. The van der Waals surface area contributed by atoms with E-state index in [1.165, 1.54) is 11.8 Å². The van der Waals surface area contributed by atoms with Crippen molar-refractivity contribution in [2.24, 2.45) is 0 Å². The lowest BCUT2D eigenvalue weighted by Crippen LogP contribution is -2.47. The van der Waals surface area contributed by atoms with Crippen LogP contribution in [0.25, 0.3) is 0 Å². The predicted molar refractivity (Wildman–Crippen MR) is 142 cm³/mol. The lowest BCUT2D eigenvalue weighted by molar-refractivity contribution is 0.0348. The normalized spacial score (nSPS) is 18.4. The number of thioether (sulfide) groups is 1. The van der Waals surface area contributed by atoms with E-state index < -0.39 is 6.09 Å². The molecule has 200 valence electrons. The number of benzene rings is 2. The molecule has 10 nitrogen and oxygen atoms in total. The molecule has 0 bridgehead atoms. The van der Waals surface area contributed by atoms with Crippen molar-refractivity contribution in [1.82, 2.24) is 15.3 Å². The Kier molecular flexibility index (Phi) is 9.89. The second kappa shape index (κ2) is 13.5. The van der Waals surface area contributed by atoms with Crippen LogP contribution >= 0.6 is 11.8 Å². The second-order valence-corrected chi connectivity index (χ2v) is 9.70.